The third-order valence-corrected chi connectivity index (χ3v) is 13.5. The Balaban J connectivity index is 5.30. The number of carbonyl (C=O) groups is 1. The van der Waals surface area contributed by atoms with Crippen molar-refractivity contribution >= 4 is 23.1 Å². The molecule has 0 amide bonds. The molecule has 1 atom stereocenters. The molecule has 0 saturated carbocycles. The lowest BCUT2D eigenvalue weighted by atomic mass is 10.2. The van der Waals surface area contributed by atoms with Gasteiger partial charge in [-0.3, -0.25) is 4.79 Å². The Hall–Kier alpha value is -0.216. The smallest absolute Gasteiger partial charge is 0.501 e. The lowest BCUT2D eigenvalue weighted by molar-refractivity contribution is -0.139. The summed E-state index contributed by atoms with van der Waals surface area (Å²) in [6.45, 7) is 18.0. The lowest BCUT2D eigenvalue weighted by Crippen LogP contribution is -2.49. The molecule has 0 aliphatic carbocycles. The Labute approximate surface area is 163 Å². The van der Waals surface area contributed by atoms with Gasteiger partial charge < -0.3 is 17.7 Å². The highest BCUT2D eigenvalue weighted by molar-refractivity contribution is 6.76. The summed E-state index contributed by atoms with van der Waals surface area (Å²) in [6.07, 6.45) is 2.11. The molecule has 26 heavy (non-hydrogen) atoms. The van der Waals surface area contributed by atoms with Crippen LogP contribution in [-0.2, 0) is 22.5 Å². The number of hydrogen-bond donors (Lipinski definition) is 0. The van der Waals surface area contributed by atoms with Gasteiger partial charge in [-0.1, -0.05) is 47.5 Å². The molecule has 0 rings (SSSR count). The molecule has 0 bridgehead atoms. The van der Waals surface area contributed by atoms with Crippen LogP contribution in [0.25, 0.3) is 0 Å². The first-order chi connectivity index (χ1) is 12.3. The van der Waals surface area contributed by atoms with Gasteiger partial charge in [0.25, 0.3) is 14.3 Å². The fourth-order valence-corrected chi connectivity index (χ4v) is 10.5. The van der Waals surface area contributed by atoms with Gasteiger partial charge in [0.1, 0.15) is 0 Å². The van der Waals surface area contributed by atoms with E-state index in [1.54, 1.807) is 0 Å². The molecule has 0 aromatic rings. The SMILES string of the molecule is CCC[Si](CCC)(OC(=O)C(C)C[Si](OCC)(OCC)OCC)C(C)C. The van der Waals surface area contributed by atoms with Crippen molar-refractivity contribution < 1.29 is 22.5 Å². The van der Waals surface area contributed by atoms with E-state index in [-0.39, 0.29) is 11.9 Å². The highest BCUT2D eigenvalue weighted by Crippen LogP contribution is 2.34. The van der Waals surface area contributed by atoms with Gasteiger partial charge in [-0.15, -0.1) is 0 Å². The molecule has 0 aromatic carbocycles. The van der Waals surface area contributed by atoms with Crippen molar-refractivity contribution in [1.29, 1.82) is 0 Å². The second-order valence-electron chi connectivity index (χ2n) is 7.23. The summed E-state index contributed by atoms with van der Waals surface area (Å²) >= 11 is 0. The lowest BCUT2D eigenvalue weighted by Gasteiger charge is -2.36. The zero-order valence-electron chi connectivity index (χ0n) is 18.4. The van der Waals surface area contributed by atoms with E-state index < -0.39 is 17.1 Å². The maximum absolute atomic E-state index is 13.0. The van der Waals surface area contributed by atoms with Crippen molar-refractivity contribution in [3.63, 3.8) is 0 Å². The van der Waals surface area contributed by atoms with Crippen LogP contribution in [0.3, 0.4) is 0 Å². The van der Waals surface area contributed by atoms with Crippen LogP contribution in [0.15, 0.2) is 0 Å². The Morgan fingerprint density at radius 2 is 1.23 bits per heavy atom. The molecule has 0 fully saturated rings. The van der Waals surface area contributed by atoms with Crippen molar-refractivity contribution in [2.45, 2.75) is 91.9 Å². The van der Waals surface area contributed by atoms with Gasteiger partial charge in [-0.25, -0.2) is 0 Å². The van der Waals surface area contributed by atoms with E-state index in [0.717, 1.165) is 24.9 Å². The number of carbonyl (C=O) groups excluding carboxylic acids is 1. The third-order valence-electron chi connectivity index (χ3n) is 4.75. The van der Waals surface area contributed by atoms with Crippen LogP contribution in [0.5, 0.6) is 0 Å². The topological polar surface area (TPSA) is 54.0 Å². The predicted molar refractivity (Wildman–Crippen MR) is 112 cm³/mol. The molecule has 0 spiro atoms. The largest absolute Gasteiger partial charge is 0.519 e. The molecule has 0 heterocycles. The molecule has 0 N–H and O–H groups in total. The van der Waals surface area contributed by atoms with Gasteiger partial charge in [0.05, 0.1) is 5.92 Å². The molecular formula is C19H42O5Si2. The van der Waals surface area contributed by atoms with Crippen LogP contribution >= 0.6 is 0 Å². The Morgan fingerprint density at radius 3 is 1.54 bits per heavy atom. The average Bonchev–Trinajstić information content (AvgIpc) is 2.55. The summed E-state index contributed by atoms with van der Waals surface area (Å²) in [5, 5.41) is 0. The first kappa shape index (κ1) is 25.8. The summed E-state index contributed by atoms with van der Waals surface area (Å²) in [5.41, 5.74) is 0.422. The van der Waals surface area contributed by atoms with Crippen LogP contribution in [-0.4, -0.2) is 42.9 Å². The first-order valence-corrected chi connectivity index (χ1v) is 14.7. The van der Waals surface area contributed by atoms with Crippen molar-refractivity contribution in [3.05, 3.63) is 0 Å². The molecule has 0 saturated heterocycles. The summed E-state index contributed by atoms with van der Waals surface area (Å²) < 4.78 is 24.0. The molecule has 0 aliphatic heterocycles. The molecule has 0 aliphatic rings. The summed E-state index contributed by atoms with van der Waals surface area (Å²) in [4.78, 5) is 13.0. The number of hydrogen-bond acceptors (Lipinski definition) is 5. The van der Waals surface area contributed by atoms with Crippen molar-refractivity contribution in [2.24, 2.45) is 5.92 Å². The molecule has 1 unspecified atom stereocenters. The summed E-state index contributed by atoms with van der Waals surface area (Å²) in [6, 6.07) is 2.53. The van der Waals surface area contributed by atoms with Crippen LogP contribution < -0.4 is 0 Å². The Bertz CT molecular complexity index is 367. The van der Waals surface area contributed by atoms with Gasteiger partial charge in [-0.05, 0) is 38.4 Å². The second-order valence-corrected chi connectivity index (χ2v) is 14.4. The standard InChI is InChI=1S/C19H42O5Si2/c1-9-14-25(15-10-2,17(6)7)24-19(20)18(8)16-26(21-11-3,22-12-4)23-13-5/h17-18H,9-16H2,1-8H3. The summed E-state index contributed by atoms with van der Waals surface area (Å²) in [7, 11) is -4.93. The monoisotopic (exact) mass is 406 g/mol. The van der Waals surface area contributed by atoms with E-state index in [4.69, 9.17) is 17.7 Å². The molecule has 0 aromatic heterocycles. The zero-order chi connectivity index (χ0) is 20.2. The van der Waals surface area contributed by atoms with Gasteiger partial charge >= 0.3 is 8.80 Å². The normalized spacial score (nSPS) is 13.9. The fraction of sp³-hybridized carbons (Fsp3) is 0.947. The van der Waals surface area contributed by atoms with E-state index >= 15 is 0 Å². The average molecular weight is 407 g/mol. The minimum absolute atomic E-state index is 0.108. The third kappa shape index (κ3) is 7.80. The molecule has 156 valence electrons. The van der Waals surface area contributed by atoms with Crippen LogP contribution in [0.2, 0.25) is 23.7 Å². The number of rotatable bonds is 15. The minimum atomic E-state index is -2.85. The van der Waals surface area contributed by atoms with E-state index in [1.807, 2.05) is 27.7 Å². The highest BCUT2D eigenvalue weighted by atomic mass is 28.4. The quantitative estimate of drug-likeness (QED) is 0.341. The predicted octanol–water partition coefficient (Wildman–Crippen LogP) is 5.39. The van der Waals surface area contributed by atoms with Crippen molar-refractivity contribution in [2.75, 3.05) is 19.8 Å². The first-order valence-electron chi connectivity index (χ1n) is 10.4. The highest BCUT2D eigenvalue weighted by Gasteiger charge is 2.46. The summed E-state index contributed by atoms with van der Waals surface area (Å²) in [5.74, 6) is -0.395. The zero-order valence-corrected chi connectivity index (χ0v) is 20.4. The van der Waals surface area contributed by atoms with E-state index in [9.17, 15) is 4.79 Å². The van der Waals surface area contributed by atoms with Gasteiger partial charge in [0.15, 0.2) is 0 Å². The van der Waals surface area contributed by atoms with Crippen LogP contribution in [0.1, 0.15) is 68.2 Å². The minimum Gasteiger partial charge on any atom is -0.519 e. The maximum atomic E-state index is 13.0. The molecular weight excluding hydrogens is 364 g/mol. The van der Waals surface area contributed by atoms with Crippen molar-refractivity contribution in [1.82, 2.24) is 0 Å². The van der Waals surface area contributed by atoms with E-state index in [2.05, 4.69) is 27.7 Å². The van der Waals surface area contributed by atoms with Gasteiger partial charge in [-0.2, -0.15) is 0 Å². The fourth-order valence-electron chi connectivity index (χ4n) is 3.49. The van der Waals surface area contributed by atoms with Crippen LogP contribution in [0.4, 0.5) is 0 Å². The molecule has 5 nitrogen and oxygen atoms in total. The van der Waals surface area contributed by atoms with Crippen molar-refractivity contribution in [3.8, 4) is 0 Å². The van der Waals surface area contributed by atoms with E-state index in [1.165, 1.54) is 0 Å². The Kier molecular flexibility index (Phi) is 12.9. The molecule has 7 heteroatoms. The van der Waals surface area contributed by atoms with Gasteiger partial charge in [0.2, 0.25) is 0 Å². The van der Waals surface area contributed by atoms with Gasteiger partial charge in [0, 0.05) is 25.9 Å². The van der Waals surface area contributed by atoms with Crippen LogP contribution in [0, 0.1) is 5.92 Å². The maximum Gasteiger partial charge on any atom is 0.501 e. The second kappa shape index (κ2) is 13.0. The molecule has 0 radical (unpaired) electrons. The Morgan fingerprint density at radius 1 is 0.808 bits per heavy atom. The van der Waals surface area contributed by atoms with E-state index in [0.29, 0.717) is 31.4 Å².